The molecule has 2 aliphatic heterocycles. The van der Waals surface area contributed by atoms with Crippen molar-refractivity contribution in [2.24, 2.45) is 11.3 Å². The first-order chi connectivity index (χ1) is 17.5. The molecule has 6 nitrogen and oxygen atoms in total. The summed E-state index contributed by atoms with van der Waals surface area (Å²) >= 11 is 1.62. The van der Waals surface area contributed by atoms with Gasteiger partial charge in [0.2, 0.25) is 11.8 Å². The number of piperidine rings is 1. The Bertz CT molecular complexity index is 1090. The van der Waals surface area contributed by atoms with Crippen LogP contribution in [0.2, 0.25) is 0 Å². The minimum absolute atomic E-state index is 0.0705. The minimum atomic E-state index is -0.148. The summed E-state index contributed by atoms with van der Waals surface area (Å²) < 4.78 is 0. The molecule has 190 valence electrons. The largest absolute Gasteiger partial charge is 0.349 e. The number of amides is 3. The van der Waals surface area contributed by atoms with Gasteiger partial charge in [0.1, 0.15) is 0 Å². The summed E-state index contributed by atoms with van der Waals surface area (Å²) in [5.41, 5.74) is 1.81. The standard InChI is InChI=1S/C29H35N3O3S/c33-26(11-10-22-12-19-36-20-22)31-16-13-29(14-17-31)15-18-32(21-29)28(35)24-8-4-5-9-25(24)30-27(34)23-6-2-1-3-7-23/h1-3,6-7,10-12,19-20,24-25H,4-5,8-9,13-18,21H2,(H,30,34)/b11-10+/t24-,25+/m0/s1. The molecule has 0 radical (unpaired) electrons. The van der Waals surface area contributed by atoms with Gasteiger partial charge in [-0.05, 0) is 78.1 Å². The molecule has 2 atom stereocenters. The second-order valence-corrected chi connectivity index (χ2v) is 11.3. The SMILES string of the molecule is O=C(N[C@@H]1CCCC[C@@H]1C(=O)N1CCC2(CCN(C(=O)/C=C/c3ccsc3)CC2)C1)c1ccccc1. The van der Waals surface area contributed by atoms with Gasteiger partial charge in [0.05, 0.1) is 5.92 Å². The molecule has 5 rings (SSSR count). The first kappa shape index (κ1) is 24.8. The molecule has 1 aromatic heterocycles. The second-order valence-electron chi connectivity index (χ2n) is 10.6. The monoisotopic (exact) mass is 505 g/mol. The Morgan fingerprint density at radius 2 is 1.67 bits per heavy atom. The lowest BCUT2D eigenvalue weighted by Crippen LogP contribution is -2.50. The minimum Gasteiger partial charge on any atom is -0.349 e. The van der Waals surface area contributed by atoms with Crippen molar-refractivity contribution < 1.29 is 14.4 Å². The highest BCUT2D eigenvalue weighted by atomic mass is 32.1. The average molecular weight is 506 g/mol. The van der Waals surface area contributed by atoms with Crippen molar-refractivity contribution in [3.63, 3.8) is 0 Å². The first-order valence-electron chi connectivity index (χ1n) is 13.2. The van der Waals surface area contributed by atoms with Crippen LogP contribution in [-0.2, 0) is 9.59 Å². The molecule has 1 spiro atoms. The van der Waals surface area contributed by atoms with Crippen LogP contribution in [0.5, 0.6) is 0 Å². The molecule has 1 aromatic carbocycles. The number of benzene rings is 1. The number of thiophene rings is 1. The van der Waals surface area contributed by atoms with Crippen LogP contribution in [0.15, 0.2) is 53.2 Å². The smallest absolute Gasteiger partial charge is 0.251 e. The van der Waals surface area contributed by atoms with Crippen LogP contribution in [0.3, 0.4) is 0 Å². The van der Waals surface area contributed by atoms with Crippen molar-refractivity contribution in [1.82, 2.24) is 15.1 Å². The summed E-state index contributed by atoms with van der Waals surface area (Å²) in [4.78, 5) is 43.0. The summed E-state index contributed by atoms with van der Waals surface area (Å²) in [6, 6.07) is 11.2. The van der Waals surface area contributed by atoms with E-state index in [-0.39, 0.29) is 35.1 Å². The maximum Gasteiger partial charge on any atom is 0.251 e. The Labute approximate surface area is 217 Å². The van der Waals surface area contributed by atoms with Gasteiger partial charge < -0.3 is 15.1 Å². The molecule has 0 unspecified atom stereocenters. The molecule has 3 amide bonds. The van der Waals surface area contributed by atoms with E-state index in [0.717, 1.165) is 76.7 Å². The lowest BCUT2D eigenvalue weighted by atomic mass is 9.77. The number of nitrogens with one attached hydrogen (secondary N) is 1. The molecule has 3 heterocycles. The molecule has 7 heteroatoms. The van der Waals surface area contributed by atoms with Crippen molar-refractivity contribution in [3.05, 3.63) is 64.4 Å². The molecule has 3 aliphatic rings. The van der Waals surface area contributed by atoms with Crippen molar-refractivity contribution in [1.29, 1.82) is 0 Å². The van der Waals surface area contributed by atoms with Gasteiger partial charge in [-0.3, -0.25) is 14.4 Å². The van der Waals surface area contributed by atoms with Gasteiger partial charge in [0.15, 0.2) is 0 Å². The van der Waals surface area contributed by atoms with Crippen LogP contribution in [0.25, 0.3) is 6.08 Å². The van der Waals surface area contributed by atoms with E-state index in [2.05, 4.69) is 5.32 Å². The van der Waals surface area contributed by atoms with Gasteiger partial charge in [-0.1, -0.05) is 31.0 Å². The zero-order valence-corrected chi connectivity index (χ0v) is 21.6. The molecule has 2 saturated heterocycles. The van der Waals surface area contributed by atoms with Gasteiger partial charge in [0.25, 0.3) is 5.91 Å². The highest BCUT2D eigenvalue weighted by Crippen LogP contribution is 2.41. The fourth-order valence-electron chi connectivity index (χ4n) is 6.05. The third-order valence-corrected chi connectivity index (χ3v) is 8.98. The third kappa shape index (κ3) is 5.56. The number of nitrogens with zero attached hydrogens (tertiary/aromatic N) is 2. The molecule has 0 bridgehead atoms. The highest BCUT2D eigenvalue weighted by molar-refractivity contribution is 7.08. The summed E-state index contributed by atoms with van der Waals surface area (Å²) in [6.45, 7) is 3.04. The van der Waals surface area contributed by atoms with Crippen molar-refractivity contribution in [2.75, 3.05) is 26.2 Å². The van der Waals surface area contributed by atoms with Gasteiger partial charge in [0, 0.05) is 43.9 Å². The van der Waals surface area contributed by atoms with E-state index in [1.54, 1.807) is 17.4 Å². The van der Waals surface area contributed by atoms with E-state index in [1.807, 2.05) is 63.0 Å². The molecule has 1 N–H and O–H groups in total. The number of hydrogen-bond acceptors (Lipinski definition) is 4. The maximum atomic E-state index is 13.6. The molecular weight excluding hydrogens is 470 g/mol. The fourth-order valence-corrected chi connectivity index (χ4v) is 6.68. The fraction of sp³-hybridized carbons (Fsp3) is 0.483. The van der Waals surface area contributed by atoms with Gasteiger partial charge >= 0.3 is 0 Å². The lowest BCUT2D eigenvalue weighted by molar-refractivity contribution is -0.137. The van der Waals surface area contributed by atoms with Gasteiger partial charge in [-0.2, -0.15) is 11.3 Å². The molecule has 1 saturated carbocycles. The predicted molar refractivity (Wildman–Crippen MR) is 142 cm³/mol. The topological polar surface area (TPSA) is 69.7 Å². The molecule has 2 aromatic rings. The van der Waals surface area contributed by atoms with Crippen LogP contribution in [0, 0.1) is 11.3 Å². The Balaban J connectivity index is 1.15. The van der Waals surface area contributed by atoms with E-state index in [0.29, 0.717) is 5.56 Å². The second kappa shape index (κ2) is 11.0. The zero-order valence-electron chi connectivity index (χ0n) is 20.7. The number of rotatable bonds is 5. The van der Waals surface area contributed by atoms with Crippen molar-refractivity contribution in [2.45, 2.75) is 51.0 Å². The van der Waals surface area contributed by atoms with Crippen molar-refractivity contribution in [3.8, 4) is 0 Å². The van der Waals surface area contributed by atoms with E-state index in [4.69, 9.17) is 0 Å². The third-order valence-electron chi connectivity index (χ3n) is 8.28. The van der Waals surface area contributed by atoms with Crippen molar-refractivity contribution >= 4 is 35.1 Å². The van der Waals surface area contributed by atoms with E-state index < -0.39 is 0 Å². The van der Waals surface area contributed by atoms with Crippen LogP contribution >= 0.6 is 11.3 Å². The molecule has 1 aliphatic carbocycles. The van der Waals surface area contributed by atoms with Crippen LogP contribution in [-0.4, -0.2) is 59.7 Å². The average Bonchev–Trinajstić information content (AvgIpc) is 3.59. The van der Waals surface area contributed by atoms with E-state index in [1.165, 1.54) is 0 Å². The quantitative estimate of drug-likeness (QED) is 0.605. The number of carbonyl (C=O) groups excluding carboxylic acids is 3. The Morgan fingerprint density at radius 1 is 0.944 bits per heavy atom. The Kier molecular flexibility index (Phi) is 7.56. The Hall–Kier alpha value is -2.93. The van der Waals surface area contributed by atoms with Crippen LogP contribution in [0.4, 0.5) is 0 Å². The van der Waals surface area contributed by atoms with Gasteiger partial charge in [-0.25, -0.2) is 0 Å². The Morgan fingerprint density at radius 3 is 2.39 bits per heavy atom. The van der Waals surface area contributed by atoms with Crippen LogP contribution < -0.4 is 5.32 Å². The zero-order chi connectivity index (χ0) is 25.0. The molecule has 3 fully saturated rings. The summed E-state index contributed by atoms with van der Waals surface area (Å²) in [5.74, 6) is 0.0251. The predicted octanol–water partition coefficient (Wildman–Crippen LogP) is 4.59. The number of carbonyl (C=O) groups is 3. The summed E-state index contributed by atoms with van der Waals surface area (Å²) in [6.07, 6.45) is 10.2. The molecule has 36 heavy (non-hydrogen) atoms. The van der Waals surface area contributed by atoms with E-state index in [9.17, 15) is 14.4 Å². The summed E-state index contributed by atoms with van der Waals surface area (Å²) in [7, 11) is 0. The molecular formula is C29H35N3O3S. The van der Waals surface area contributed by atoms with E-state index >= 15 is 0 Å². The highest BCUT2D eigenvalue weighted by Gasteiger charge is 2.45. The van der Waals surface area contributed by atoms with Crippen LogP contribution in [0.1, 0.15) is 60.9 Å². The van der Waals surface area contributed by atoms with Gasteiger partial charge in [-0.15, -0.1) is 0 Å². The summed E-state index contributed by atoms with van der Waals surface area (Å²) in [5, 5.41) is 7.20. The number of likely N-dealkylation sites (tertiary alicyclic amines) is 2. The first-order valence-corrected chi connectivity index (χ1v) is 14.1. The number of hydrogen-bond donors (Lipinski definition) is 1. The maximum absolute atomic E-state index is 13.6. The lowest BCUT2D eigenvalue weighted by Gasteiger charge is -2.39. The normalized spacial score (nSPS) is 23.8.